The monoisotopic (exact) mass is 281 g/mol. The van der Waals surface area contributed by atoms with E-state index in [9.17, 15) is 0 Å². The number of rotatable bonds is 6. The van der Waals surface area contributed by atoms with Crippen LogP contribution in [0.2, 0.25) is 0 Å². The molecule has 1 N–H and O–H groups in total. The molecule has 108 valence electrons. The molecule has 1 aliphatic rings. The summed E-state index contributed by atoms with van der Waals surface area (Å²) in [5, 5.41) is 3.60. The topological polar surface area (TPSA) is 21.3 Å². The van der Waals surface area contributed by atoms with E-state index in [2.05, 4.69) is 38.2 Å². The first-order valence-corrected chi connectivity index (χ1v) is 8.43. The zero-order chi connectivity index (χ0) is 13.7. The number of nitrogens with one attached hydrogen (secondary N) is 1. The molecule has 1 aromatic heterocycles. The number of thiophene rings is 1. The van der Waals surface area contributed by atoms with Crippen molar-refractivity contribution in [1.29, 1.82) is 0 Å². The van der Waals surface area contributed by atoms with Crippen molar-refractivity contribution in [3.8, 4) is 0 Å². The SMILES string of the molecule is CCc1ccc(C2OCCCC2CNCC(C)C)s1. The van der Waals surface area contributed by atoms with Crippen molar-refractivity contribution < 1.29 is 4.74 Å². The van der Waals surface area contributed by atoms with Crippen LogP contribution in [0.3, 0.4) is 0 Å². The van der Waals surface area contributed by atoms with Crippen molar-refractivity contribution in [3.05, 3.63) is 21.9 Å². The normalized spacial score (nSPS) is 24.0. The van der Waals surface area contributed by atoms with Gasteiger partial charge in [0.1, 0.15) is 0 Å². The molecule has 0 spiro atoms. The zero-order valence-corrected chi connectivity index (χ0v) is 13.3. The minimum absolute atomic E-state index is 0.318. The smallest absolute Gasteiger partial charge is 0.0956 e. The van der Waals surface area contributed by atoms with Crippen LogP contribution in [-0.2, 0) is 11.2 Å². The van der Waals surface area contributed by atoms with E-state index in [1.54, 1.807) is 0 Å². The molecule has 0 radical (unpaired) electrons. The first-order chi connectivity index (χ1) is 9.20. The maximum atomic E-state index is 6.06. The van der Waals surface area contributed by atoms with Crippen LogP contribution in [-0.4, -0.2) is 19.7 Å². The second-order valence-electron chi connectivity index (χ2n) is 5.90. The summed E-state index contributed by atoms with van der Waals surface area (Å²) in [4.78, 5) is 2.89. The van der Waals surface area contributed by atoms with Crippen LogP contribution >= 0.6 is 11.3 Å². The van der Waals surface area contributed by atoms with Gasteiger partial charge in [-0.25, -0.2) is 0 Å². The number of hydrogen-bond donors (Lipinski definition) is 1. The Morgan fingerprint density at radius 3 is 2.95 bits per heavy atom. The average molecular weight is 281 g/mol. The third kappa shape index (κ3) is 4.30. The Morgan fingerprint density at radius 2 is 2.26 bits per heavy atom. The Labute approximate surface area is 121 Å². The van der Waals surface area contributed by atoms with Crippen molar-refractivity contribution >= 4 is 11.3 Å². The molecule has 1 fully saturated rings. The van der Waals surface area contributed by atoms with Gasteiger partial charge in [0.2, 0.25) is 0 Å². The molecule has 2 nitrogen and oxygen atoms in total. The molecule has 3 heteroatoms. The Hall–Kier alpha value is -0.380. The van der Waals surface area contributed by atoms with Crippen molar-refractivity contribution in [2.24, 2.45) is 11.8 Å². The molecule has 0 aliphatic carbocycles. The van der Waals surface area contributed by atoms with Gasteiger partial charge in [0, 0.05) is 28.8 Å². The molecular formula is C16H27NOS. The van der Waals surface area contributed by atoms with Crippen molar-refractivity contribution in [1.82, 2.24) is 5.32 Å². The van der Waals surface area contributed by atoms with Crippen molar-refractivity contribution in [2.75, 3.05) is 19.7 Å². The second-order valence-corrected chi connectivity index (χ2v) is 7.10. The molecule has 1 aromatic rings. The summed E-state index contributed by atoms with van der Waals surface area (Å²) in [7, 11) is 0. The number of ether oxygens (including phenoxy) is 1. The van der Waals surface area contributed by atoms with Gasteiger partial charge in [-0.3, -0.25) is 0 Å². The molecule has 1 saturated heterocycles. The highest BCUT2D eigenvalue weighted by Crippen LogP contribution is 2.36. The van der Waals surface area contributed by atoms with Gasteiger partial charge < -0.3 is 10.1 Å². The predicted octanol–water partition coefficient (Wildman–Crippen LogP) is 4.02. The van der Waals surface area contributed by atoms with Gasteiger partial charge in [-0.2, -0.15) is 0 Å². The highest BCUT2D eigenvalue weighted by molar-refractivity contribution is 7.12. The lowest BCUT2D eigenvalue weighted by Gasteiger charge is -2.31. The Kier molecular flexibility index (Phi) is 5.86. The standard InChI is InChI=1S/C16H27NOS/c1-4-14-7-8-15(19-14)16-13(6-5-9-18-16)11-17-10-12(2)3/h7-8,12-13,16-17H,4-6,9-11H2,1-3H3. The lowest BCUT2D eigenvalue weighted by Crippen LogP contribution is -2.33. The molecule has 0 amide bonds. The maximum absolute atomic E-state index is 6.06. The molecule has 0 bridgehead atoms. The maximum Gasteiger partial charge on any atom is 0.0956 e. The summed E-state index contributed by atoms with van der Waals surface area (Å²) in [5.74, 6) is 1.35. The van der Waals surface area contributed by atoms with E-state index in [-0.39, 0.29) is 0 Å². The number of aryl methyl sites for hydroxylation is 1. The van der Waals surface area contributed by atoms with Crippen LogP contribution in [0.15, 0.2) is 12.1 Å². The highest BCUT2D eigenvalue weighted by atomic mass is 32.1. The Morgan fingerprint density at radius 1 is 1.42 bits per heavy atom. The van der Waals surface area contributed by atoms with Gasteiger partial charge in [0.25, 0.3) is 0 Å². The highest BCUT2D eigenvalue weighted by Gasteiger charge is 2.28. The molecule has 1 aliphatic heterocycles. The van der Waals surface area contributed by atoms with E-state index in [1.165, 1.54) is 22.6 Å². The summed E-state index contributed by atoms with van der Waals surface area (Å²) in [5.41, 5.74) is 0. The van der Waals surface area contributed by atoms with Crippen LogP contribution < -0.4 is 5.32 Å². The average Bonchev–Trinajstić information content (AvgIpc) is 2.87. The van der Waals surface area contributed by atoms with Crippen LogP contribution in [0, 0.1) is 11.8 Å². The summed E-state index contributed by atoms with van der Waals surface area (Å²) in [6.07, 6.45) is 3.94. The fraction of sp³-hybridized carbons (Fsp3) is 0.750. The fourth-order valence-corrected chi connectivity index (χ4v) is 3.76. The largest absolute Gasteiger partial charge is 0.372 e. The van der Waals surface area contributed by atoms with E-state index in [0.29, 0.717) is 12.0 Å². The second kappa shape index (κ2) is 7.41. The van der Waals surface area contributed by atoms with Gasteiger partial charge in [-0.05, 0) is 43.9 Å². The molecule has 2 atom stereocenters. The summed E-state index contributed by atoms with van der Waals surface area (Å²) in [6.45, 7) is 9.85. The summed E-state index contributed by atoms with van der Waals surface area (Å²) < 4.78 is 6.06. The van der Waals surface area contributed by atoms with Crippen LogP contribution in [0.4, 0.5) is 0 Å². The molecule has 2 heterocycles. The minimum atomic E-state index is 0.318. The Bertz CT molecular complexity index is 375. The van der Waals surface area contributed by atoms with E-state index >= 15 is 0 Å². The quantitative estimate of drug-likeness (QED) is 0.850. The minimum Gasteiger partial charge on any atom is -0.372 e. The lowest BCUT2D eigenvalue weighted by molar-refractivity contribution is -0.0257. The van der Waals surface area contributed by atoms with E-state index < -0.39 is 0 Å². The van der Waals surface area contributed by atoms with E-state index in [4.69, 9.17) is 4.74 Å². The molecule has 2 unspecified atom stereocenters. The first-order valence-electron chi connectivity index (χ1n) is 7.61. The Balaban J connectivity index is 1.95. The van der Waals surface area contributed by atoms with Gasteiger partial charge in [0.15, 0.2) is 0 Å². The molecule has 19 heavy (non-hydrogen) atoms. The van der Waals surface area contributed by atoms with Crippen LogP contribution in [0.1, 0.15) is 49.5 Å². The van der Waals surface area contributed by atoms with Gasteiger partial charge in [-0.1, -0.05) is 20.8 Å². The van der Waals surface area contributed by atoms with Crippen LogP contribution in [0.5, 0.6) is 0 Å². The van der Waals surface area contributed by atoms with Crippen molar-refractivity contribution in [2.45, 2.75) is 46.1 Å². The van der Waals surface area contributed by atoms with E-state index in [1.807, 2.05) is 11.3 Å². The van der Waals surface area contributed by atoms with E-state index in [0.717, 1.165) is 32.0 Å². The molecule has 0 saturated carbocycles. The number of hydrogen-bond acceptors (Lipinski definition) is 3. The van der Waals surface area contributed by atoms with Crippen LogP contribution in [0.25, 0.3) is 0 Å². The van der Waals surface area contributed by atoms with Gasteiger partial charge in [-0.15, -0.1) is 11.3 Å². The third-order valence-corrected chi connectivity index (χ3v) is 5.01. The summed E-state index contributed by atoms with van der Waals surface area (Å²) in [6, 6.07) is 4.53. The molecule has 2 rings (SSSR count). The van der Waals surface area contributed by atoms with Gasteiger partial charge >= 0.3 is 0 Å². The lowest BCUT2D eigenvalue weighted by atomic mass is 9.93. The first kappa shape index (κ1) is 15.0. The zero-order valence-electron chi connectivity index (χ0n) is 12.4. The molecular weight excluding hydrogens is 254 g/mol. The van der Waals surface area contributed by atoms with Gasteiger partial charge in [0.05, 0.1) is 6.10 Å². The fourth-order valence-electron chi connectivity index (χ4n) is 2.66. The summed E-state index contributed by atoms with van der Waals surface area (Å²) >= 11 is 1.93. The van der Waals surface area contributed by atoms with Crippen molar-refractivity contribution in [3.63, 3.8) is 0 Å². The third-order valence-electron chi connectivity index (χ3n) is 3.72. The molecule has 0 aromatic carbocycles. The predicted molar refractivity (Wildman–Crippen MR) is 82.8 cm³/mol.